The number of methoxy groups -OCH3 is 1. The summed E-state index contributed by atoms with van der Waals surface area (Å²) in [5.41, 5.74) is 4.78. The number of carbonyl (C=O) groups is 4. The minimum atomic E-state index is -2.94. The van der Waals surface area contributed by atoms with Crippen molar-refractivity contribution in [3.05, 3.63) is 137 Å². The molecule has 9 rings (SSSR count). The first-order valence-electron chi connectivity index (χ1n) is 30.5. The number of oxazole rings is 1. The molecule has 3 aliphatic rings. The first kappa shape index (κ1) is 65.7. The number of rotatable bonds is 35. The molecule has 5 N–H and O–H groups in total. The minimum Gasteiger partial charge on any atom is -0.491 e. The topological polar surface area (TPSA) is 253 Å². The number of anilines is 2. The van der Waals surface area contributed by atoms with Crippen LogP contribution in [0.25, 0.3) is 17.1 Å². The summed E-state index contributed by atoms with van der Waals surface area (Å²) in [6.07, 6.45) is 6.62. The van der Waals surface area contributed by atoms with Crippen LogP contribution in [0.2, 0.25) is 0 Å². The molecule has 1 saturated carbocycles. The molecule has 0 saturated heterocycles. The second-order valence-electron chi connectivity index (χ2n) is 23.2. The lowest BCUT2D eigenvalue weighted by molar-refractivity contribution is -0.147. The standard InChI is InChI=1S/C65H82F2N10O12/c1-65(2,3)59(74-57(78)42-82-4)64(81)76-39-48-34-50(19-16-46(48)35-55(76)62(80)71-52-11-7-9-45-8-5-6-10-51(45)52)88-33-32-87-31-30-86-29-28-85-27-26-84-25-24-83-23-22-68-37-43-14-17-49(18-15-43)77-40-53(58(75-77)60(66)67)72-61(79)54-41-89-63(73-54)47-20-21-69-56(36-47)70-38-44-12-13-44/h5-6,8,10,14-21,34,36,40-41,44,52,55,59-60,68H,7,9,11-13,22-33,35,37-39,42H2,1-4H3,(H,69,70)(H,71,80)(H,72,79)(H,74,78)/t52-,55?,59-/m1/s1. The Labute approximate surface area is 517 Å². The molecule has 4 amide bonds. The number of nitrogens with one attached hydrogen (secondary N) is 5. The summed E-state index contributed by atoms with van der Waals surface area (Å²) in [6, 6.07) is 22.8. The molecule has 22 nitrogen and oxygen atoms in total. The summed E-state index contributed by atoms with van der Waals surface area (Å²) in [4.78, 5) is 65.0. The molecule has 0 spiro atoms. The number of amides is 4. The number of halogens is 2. The zero-order valence-electron chi connectivity index (χ0n) is 51.1. The van der Waals surface area contributed by atoms with Crippen molar-refractivity contribution in [1.29, 1.82) is 0 Å². The third-order valence-electron chi connectivity index (χ3n) is 15.4. The highest BCUT2D eigenvalue weighted by molar-refractivity contribution is 6.03. The number of nitrogens with zero attached hydrogens (tertiary/aromatic N) is 5. The molecule has 0 radical (unpaired) electrons. The van der Waals surface area contributed by atoms with Crippen LogP contribution < -0.4 is 31.3 Å². The highest BCUT2D eigenvalue weighted by Gasteiger charge is 2.43. The molecule has 0 bridgehead atoms. The fourth-order valence-corrected chi connectivity index (χ4v) is 10.5. The smallest absolute Gasteiger partial charge is 0.284 e. The average Bonchev–Trinajstić information content (AvgIpc) is 2.75. The van der Waals surface area contributed by atoms with E-state index < -0.39 is 41.4 Å². The Kier molecular flexibility index (Phi) is 24.1. The van der Waals surface area contributed by atoms with E-state index in [2.05, 4.69) is 53.8 Å². The van der Waals surface area contributed by atoms with Gasteiger partial charge in [0.05, 0.1) is 89.7 Å². The number of hydrogen-bond acceptors (Lipinski definition) is 17. The number of hydrogen-bond donors (Lipinski definition) is 5. The molecule has 3 atom stereocenters. The maximum absolute atomic E-state index is 14.6. The molecule has 24 heteroatoms. The zero-order chi connectivity index (χ0) is 62.5. The van der Waals surface area contributed by atoms with Crippen LogP contribution >= 0.6 is 0 Å². The second kappa shape index (κ2) is 32.7. The summed E-state index contributed by atoms with van der Waals surface area (Å²) < 4.78 is 74.5. The SMILES string of the molecule is COCC(=O)N[C@H](C(=O)N1Cc2cc(OCCOCCOCCOCCOCCOCCNCc3ccc(-n4cc(NC(=O)c5coc(-c6ccnc(NCC7CC7)c6)n5)c(C(F)F)n4)cc3)ccc2CC1C(=O)N[C@@H]1CCCc2ccccc21)C(C)(C)C. The van der Waals surface area contributed by atoms with Gasteiger partial charge in [-0.25, -0.2) is 23.4 Å². The van der Waals surface area contributed by atoms with Crippen molar-refractivity contribution in [2.75, 3.05) is 110 Å². The Bertz CT molecular complexity index is 3260. The van der Waals surface area contributed by atoms with Gasteiger partial charge in [-0.2, -0.15) is 5.10 Å². The maximum Gasteiger partial charge on any atom is 0.284 e. The molecule has 6 aromatic rings. The number of pyridine rings is 1. The van der Waals surface area contributed by atoms with Gasteiger partial charge in [0.1, 0.15) is 43.1 Å². The molecule has 2 aliphatic carbocycles. The van der Waals surface area contributed by atoms with E-state index in [1.54, 1.807) is 35.4 Å². The van der Waals surface area contributed by atoms with Gasteiger partial charge in [0.2, 0.25) is 23.6 Å². The molecule has 1 unspecified atom stereocenters. The van der Waals surface area contributed by atoms with E-state index in [0.717, 1.165) is 48.1 Å². The predicted molar refractivity (Wildman–Crippen MR) is 327 cm³/mol. The van der Waals surface area contributed by atoms with Gasteiger partial charge in [0.25, 0.3) is 12.3 Å². The summed E-state index contributed by atoms with van der Waals surface area (Å²) in [5, 5.41) is 19.3. The largest absolute Gasteiger partial charge is 0.491 e. The lowest BCUT2D eigenvalue weighted by Gasteiger charge is -2.41. The Morgan fingerprint density at radius 1 is 0.798 bits per heavy atom. The van der Waals surface area contributed by atoms with Gasteiger partial charge < -0.3 is 69.1 Å². The molecule has 3 aromatic heterocycles. The fraction of sp³-hybridized carbons (Fsp3) is 0.492. The monoisotopic (exact) mass is 1230 g/mol. The summed E-state index contributed by atoms with van der Waals surface area (Å²) >= 11 is 0. The van der Waals surface area contributed by atoms with Crippen molar-refractivity contribution >= 4 is 35.1 Å². The number of aryl methyl sites for hydroxylation is 1. The lowest BCUT2D eigenvalue weighted by atomic mass is 9.84. The predicted octanol–water partition coefficient (Wildman–Crippen LogP) is 7.81. The maximum atomic E-state index is 14.6. The number of aromatic nitrogens is 4. The Balaban J connectivity index is 0.597. The Hall–Kier alpha value is -7.71. The second-order valence-corrected chi connectivity index (χ2v) is 23.2. The van der Waals surface area contributed by atoms with Crippen molar-refractivity contribution in [3.8, 4) is 22.9 Å². The summed E-state index contributed by atoms with van der Waals surface area (Å²) in [7, 11) is 1.42. The van der Waals surface area contributed by atoms with Crippen LogP contribution in [0.1, 0.15) is 103 Å². The molecule has 478 valence electrons. The van der Waals surface area contributed by atoms with Gasteiger partial charge in [-0.15, -0.1) is 0 Å². The van der Waals surface area contributed by atoms with E-state index in [0.29, 0.717) is 114 Å². The quantitative estimate of drug-likeness (QED) is 0.0238. The van der Waals surface area contributed by atoms with E-state index in [1.165, 1.54) is 42.7 Å². The van der Waals surface area contributed by atoms with Crippen LogP contribution in [0, 0.1) is 11.3 Å². The van der Waals surface area contributed by atoms with Gasteiger partial charge in [0, 0.05) is 51.5 Å². The van der Waals surface area contributed by atoms with Crippen LogP contribution in [0.5, 0.6) is 5.75 Å². The van der Waals surface area contributed by atoms with Gasteiger partial charge in [-0.1, -0.05) is 63.2 Å². The van der Waals surface area contributed by atoms with Crippen molar-refractivity contribution in [3.63, 3.8) is 0 Å². The number of carbonyl (C=O) groups excluding carboxylic acids is 4. The van der Waals surface area contributed by atoms with Crippen molar-refractivity contribution in [1.82, 2.24) is 40.6 Å². The molecular weight excluding hydrogens is 1150 g/mol. The van der Waals surface area contributed by atoms with Crippen molar-refractivity contribution < 1.29 is 65.5 Å². The average molecular weight is 1230 g/mol. The van der Waals surface area contributed by atoms with Crippen LogP contribution in [0.4, 0.5) is 20.3 Å². The molecule has 1 fully saturated rings. The molecule has 89 heavy (non-hydrogen) atoms. The summed E-state index contributed by atoms with van der Waals surface area (Å²) in [6.45, 7) is 11.9. The molecule has 4 heterocycles. The first-order chi connectivity index (χ1) is 43.2. The third-order valence-corrected chi connectivity index (χ3v) is 15.4. The van der Waals surface area contributed by atoms with E-state index in [9.17, 15) is 28.0 Å². The Morgan fingerprint density at radius 2 is 1.51 bits per heavy atom. The van der Waals surface area contributed by atoms with Crippen LogP contribution in [-0.2, 0) is 68.7 Å². The van der Waals surface area contributed by atoms with Crippen molar-refractivity contribution in [2.45, 2.75) is 96.9 Å². The number of benzene rings is 3. The van der Waals surface area contributed by atoms with E-state index in [1.807, 2.05) is 63.2 Å². The molecular formula is C65H82F2N10O12. The summed E-state index contributed by atoms with van der Waals surface area (Å²) in [5.74, 6) is 0.423. The van der Waals surface area contributed by atoms with E-state index in [-0.39, 0.29) is 54.9 Å². The highest BCUT2D eigenvalue weighted by Crippen LogP contribution is 2.35. The Morgan fingerprint density at radius 3 is 2.20 bits per heavy atom. The first-order valence-corrected chi connectivity index (χ1v) is 30.5. The number of fused-ring (bicyclic) bond motifs is 2. The third kappa shape index (κ3) is 19.4. The van der Waals surface area contributed by atoms with E-state index in [4.69, 9.17) is 37.6 Å². The minimum absolute atomic E-state index is 0.0754. The van der Waals surface area contributed by atoms with Crippen LogP contribution in [0.15, 0.2) is 102 Å². The lowest BCUT2D eigenvalue weighted by Crippen LogP contribution is -2.61. The highest BCUT2D eigenvalue weighted by atomic mass is 19.3. The van der Waals surface area contributed by atoms with Gasteiger partial charge in [0.15, 0.2) is 11.4 Å². The van der Waals surface area contributed by atoms with Gasteiger partial charge in [-0.3, -0.25) is 19.2 Å². The van der Waals surface area contributed by atoms with Crippen LogP contribution in [-0.4, -0.2) is 160 Å². The zero-order valence-corrected chi connectivity index (χ0v) is 51.1. The van der Waals surface area contributed by atoms with Crippen molar-refractivity contribution in [2.24, 2.45) is 11.3 Å². The number of ether oxygens (including phenoxy) is 7. The van der Waals surface area contributed by atoms with E-state index >= 15 is 0 Å². The van der Waals surface area contributed by atoms with Gasteiger partial charge >= 0.3 is 0 Å². The van der Waals surface area contributed by atoms with Gasteiger partial charge in [-0.05, 0) is 108 Å². The molecule has 3 aromatic carbocycles. The van der Waals surface area contributed by atoms with Crippen LogP contribution in [0.3, 0.4) is 0 Å². The molecule has 1 aliphatic heterocycles. The normalized spacial score (nSPS) is 15.9. The number of alkyl halides is 2. The fourth-order valence-electron chi connectivity index (χ4n) is 10.5.